The average molecular weight is 244 g/mol. The summed E-state index contributed by atoms with van der Waals surface area (Å²) in [5.74, 6) is 0.680. The summed E-state index contributed by atoms with van der Waals surface area (Å²) in [6, 6.07) is 11.1. The fourth-order valence-corrected chi connectivity index (χ4v) is 2.00. The Labute approximate surface area is 111 Å². The van der Waals surface area contributed by atoms with Crippen molar-refractivity contribution < 1.29 is 0 Å². The highest BCUT2D eigenvalue weighted by Gasteiger charge is 2.08. The van der Waals surface area contributed by atoms with Crippen molar-refractivity contribution in [2.75, 3.05) is 13.1 Å². The number of benzene rings is 1. The molecule has 2 nitrogen and oxygen atoms in total. The Kier molecular flexibility index (Phi) is 5.88. The second-order valence-electron chi connectivity index (χ2n) is 5.25. The second kappa shape index (κ2) is 7.18. The number of hydrogen-bond acceptors (Lipinski definition) is 2. The molecule has 0 aliphatic rings. The molecule has 0 fully saturated rings. The van der Waals surface area contributed by atoms with E-state index in [1.54, 1.807) is 0 Å². The Balaban J connectivity index is 2.62. The molecule has 0 bridgehead atoms. The van der Waals surface area contributed by atoms with Crippen molar-refractivity contribution in [1.82, 2.24) is 4.90 Å². The minimum Gasteiger partial charge on any atom is -0.298 e. The van der Waals surface area contributed by atoms with Gasteiger partial charge in [0.1, 0.15) is 0 Å². The predicted octanol–water partition coefficient (Wildman–Crippen LogP) is 3.79. The molecule has 1 atom stereocenters. The van der Waals surface area contributed by atoms with Crippen LogP contribution < -0.4 is 0 Å². The Morgan fingerprint density at radius 1 is 1.17 bits per heavy atom. The summed E-state index contributed by atoms with van der Waals surface area (Å²) in [4.78, 5) is 2.32. The molecule has 1 aromatic carbocycles. The van der Waals surface area contributed by atoms with Gasteiger partial charge >= 0.3 is 0 Å². The Morgan fingerprint density at radius 3 is 2.22 bits per heavy atom. The molecule has 0 saturated heterocycles. The summed E-state index contributed by atoms with van der Waals surface area (Å²) in [5.41, 5.74) is 2.71. The molecule has 0 N–H and O–H groups in total. The molecule has 1 aromatic rings. The van der Waals surface area contributed by atoms with Gasteiger partial charge in [0.15, 0.2) is 0 Å². The quantitative estimate of drug-likeness (QED) is 0.761. The number of nitrogens with zero attached hydrogens (tertiary/aromatic N) is 2. The summed E-state index contributed by atoms with van der Waals surface area (Å²) >= 11 is 0. The molecule has 0 spiro atoms. The van der Waals surface area contributed by atoms with E-state index in [0.717, 1.165) is 19.6 Å². The first-order valence-electron chi connectivity index (χ1n) is 6.77. The van der Waals surface area contributed by atoms with Crippen LogP contribution in [0.3, 0.4) is 0 Å². The zero-order valence-electron chi connectivity index (χ0n) is 12.0. The Bertz CT molecular complexity index is 387. The van der Waals surface area contributed by atoms with Gasteiger partial charge in [-0.1, -0.05) is 45.0 Å². The van der Waals surface area contributed by atoms with Gasteiger partial charge in [0.05, 0.1) is 12.0 Å². The third kappa shape index (κ3) is 4.50. The summed E-state index contributed by atoms with van der Waals surface area (Å²) in [5, 5.41) is 8.87. The van der Waals surface area contributed by atoms with E-state index in [0.29, 0.717) is 5.92 Å². The van der Waals surface area contributed by atoms with Gasteiger partial charge in [0.2, 0.25) is 0 Å². The van der Waals surface area contributed by atoms with Crippen LogP contribution in [0.15, 0.2) is 24.3 Å². The first kappa shape index (κ1) is 14.7. The first-order chi connectivity index (χ1) is 8.56. The third-order valence-electron chi connectivity index (χ3n) is 3.25. The summed E-state index contributed by atoms with van der Waals surface area (Å²) in [7, 11) is 0. The van der Waals surface area contributed by atoms with E-state index in [1.807, 2.05) is 6.92 Å². The maximum Gasteiger partial charge on any atom is 0.0666 e. The van der Waals surface area contributed by atoms with Crippen LogP contribution >= 0.6 is 0 Å². The smallest absolute Gasteiger partial charge is 0.0666 e. The van der Waals surface area contributed by atoms with E-state index in [2.05, 4.69) is 56.0 Å². The molecule has 0 saturated carbocycles. The fraction of sp³-hybridized carbons (Fsp3) is 0.562. The monoisotopic (exact) mass is 244 g/mol. The zero-order valence-corrected chi connectivity index (χ0v) is 12.0. The second-order valence-corrected chi connectivity index (χ2v) is 5.25. The maximum atomic E-state index is 8.87. The van der Waals surface area contributed by atoms with Crippen LogP contribution in [0.2, 0.25) is 0 Å². The lowest BCUT2D eigenvalue weighted by Gasteiger charge is -2.21. The van der Waals surface area contributed by atoms with Gasteiger partial charge in [0.25, 0.3) is 0 Å². The van der Waals surface area contributed by atoms with Gasteiger partial charge in [-0.05, 0) is 30.5 Å². The molecule has 2 heteroatoms. The van der Waals surface area contributed by atoms with Crippen LogP contribution in [0.25, 0.3) is 0 Å². The normalized spacial score (nSPS) is 12.7. The zero-order chi connectivity index (χ0) is 13.5. The van der Waals surface area contributed by atoms with Gasteiger partial charge < -0.3 is 0 Å². The molecule has 98 valence electrons. The lowest BCUT2D eigenvalue weighted by Crippen LogP contribution is -2.27. The van der Waals surface area contributed by atoms with Crippen LogP contribution in [0, 0.1) is 17.2 Å². The molecular weight excluding hydrogens is 220 g/mol. The van der Waals surface area contributed by atoms with E-state index in [-0.39, 0.29) is 5.92 Å². The van der Waals surface area contributed by atoms with Crippen LogP contribution in [0.4, 0.5) is 0 Å². The van der Waals surface area contributed by atoms with Crippen molar-refractivity contribution >= 4 is 0 Å². The fourth-order valence-electron chi connectivity index (χ4n) is 2.00. The summed E-state index contributed by atoms with van der Waals surface area (Å²) < 4.78 is 0. The number of hydrogen-bond donors (Lipinski definition) is 0. The standard InChI is InChI=1S/C16H24N2/c1-5-18(11-14(4)10-17)12-15-6-8-16(9-7-15)13(2)3/h6-9,13-14H,5,11-12H2,1-4H3. The molecule has 0 heterocycles. The van der Waals surface area contributed by atoms with Gasteiger partial charge in [-0.25, -0.2) is 0 Å². The third-order valence-corrected chi connectivity index (χ3v) is 3.25. The van der Waals surface area contributed by atoms with Crippen molar-refractivity contribution in [2.24, 2.45) is 5.92 Å². The highest BCUT2D eigenvalue weighted by Crippen LogP contribution is 2.16. The lowest BCUT2D eigenvalue weighted by molar-refractivity contribution is 0.260. The van der Waals surface area contributed by atoms with Gasteiger partial charge in [-0.3, -0.25) is 4.90 Å². The van der Waals surface area contributed by atoms with Crippen LogP contribution in [-0.2, 0) is 6.54 Å². The van der Waals surface area contributed by atoms with E-state index in [1.165, 1.54) is 11.1 Å². The van der Waals surface area contributed by atoms with Crippen molar-refractivity contribution in [3.05, 3.63) is 35.4 Å². The average Bonchev–Trinajstić information content (AvgIpc) is 2.38. The van der Waals surface area contributed by atoms with E-state index in [9.17, 15) is 0 Å². The molecule has 0 aliphatic carbocycles. The van der Waals surface area contributed by atoms with Gasteiger partial charge in [0, 0.05) is 13.1 Å². The van der Waals surface area contributed by atoms with Crippen molar-refractivity contribution in [3.63, 3.8) is 0 Å². The molecule has 18 heavy (non-hydrogen) atoms. The predicted molar refractivity (Wildman–Crippen MR) is 76.3 cm³/mol. The molecule has 1 unspecified atom stereocenters. The van der Waals surface area contributed by atoms with Gasteiger partial charge in [-0.2, -0.15) is 5.26 Å². The maximum absolute atomic E-state index is 8.87. The van der Waals surface area contributed by atoms with Crippen LogP contribution in [0.5, 0.6) is 0 Å². The van der Waals surface area contributed by atoms with Crippen LogP contribution in [-0.4, -0.2) is 18.0 Å². The minimum absolute atomic E-state index is 0.0971. The van der Waals surface area contributed by atoms with Crippen LogP contribution in [0.1, 0.15) is 44.7 Å². The Hall–Kier alpha value is -1.33. The van der Waals surface area contributed by atoms with E-state index >= 15 is 0 Å². The molecule has 0 amide bonds. The summed E-state index contributed by atoms with van der Waals surface area (Å²) in [6.07, 6.45) is 0. The topological polar surface area (TPSA) is 27.0 Å². The largest absolute Gasteiger partial charge is 0.298 e. The van der Waals surface area contributed by atoms with Crippen molar-refractivity contribution in [1.29, 1.82) is 5.26 Å². The molecule has 0 radical (unpaired) electrons. The number of nitriles is 1. The highest BCUT2D eigenvalue weighted by molar-refractivity contribution is 5.24. The van der Waals surface area contributed by atoms with E-state index < -0.39 is 0 Å². The summed E-state index contributed by atoms with van der Waals surface area (Å²) in [6.45, 7) is 11.3. The first-order valence-corrected chi connectivity index (χ1v) is 6.77. The molecule has 1 rings (SSSR count). The highest BCUT2D eigenvalue weighted by atomic mass is 15.1. The van der Waals surface area contributed by atoms with E-state index in [4.69, 9.17) is 5.26 Å². The SMILES string of the molecule is CCN(Cc1ccc(C(C)C)cc1)CC(C)C#N. The number of rotatable bonds is 6. The molecule has 0 aliphatic heterocycles. The van der Waals surface area contributed by atoms with Gasteiger partial charge in [-0.15, -0.1) is 0 Å². The lowest BCUT2D eigenvalue weighted by atomic mass is 10.0. The van der Waals surface area contributed by atoms with Crippen molar-refractivity contribution in [2.45, 2.75) is 40.2 Å². The minimum atomic E-state index is 0.0971. The Morgan fingerprint density at radius 2 is 1.78 bits per heavy atom. The molecular formula is C16H24N2. The molecule has 0 aromatic heterocycles. The van der Waals surface area contributed by atoms with Crippen molar-refractivity contribution in [3.8, 4) is 6.07 Å².